The molecule has 0 spiro atoms. The van der Waals surface area contributed by atoms with E-state index in [1.807, 2.05) is 0 Å². The Kier molecular flexibility index (Phi) is 42.6. The van der Waals surface area contributed by atoms with Crippen molar-refractivity contribution in [2.45, 2.75) is 47.1 Å². The predicted molar refractivity (Wildman–Crippen MR) is 241 cm³/mol. The van der Waals surface area contributed by atoms with Crippen molar-refractivity contribution in [1.82, 2.24) is 29.9 Å². The van der Waals surface area contributed by atoms with Crippen LogP contribution in [0.1, 0.15) is 48.0 Å². The van der Waals surface area contributed by atoms with Crippen molar-refractivity contribution < 1.29 is 224 Å². The average molecular weight is 1540 g/mol. The second kappa shape index (κ2) is 39.3. The summed E-state index contributed by atoms with van der Waals surface area (Å²) in [5, 5.41) is 41.7. The molecule has 6 aromatic rings. The molecule has 24 nitrogen and oxygen atoms in total. The van der Waals surface area contributed by atoms with Gasteiger partial charge in [-0.25, -0.2) is 33.7 Å². The molecule has 0 aliphatic heterocycles. The first-order valence-electron chi connectivity index (χ1n) is 19.1. The number of hydrogen-bond donors (Lipinski definition) is 0. The number of rotatable bonds is 6. The Hall–Kier alpha value is -4.31. The van der Waals surface area contributed by atoms with E-state index in [4.69, 9.17) is 62.4 Å². The molecular formula is C40H36Eu2F12N8O16S4+2. The summed E-state index contributed by atoms with van der Waals surface area (Å²) in [5.41, 5.74) is -23.7. The Morgan fingerprint density at radius 2 is 0.439 bits per heavy atom. The van der Waals surface area contributed by atoms with E-state index in [9.17, 15) is 62.9 Å². The number of hydrogen-bond acceptors (Lipinski definition) is 22. The molecule has 6 heterocycles. The number of aromatic nitrogens is 6. The first-order chi connectivity index (χ1) is 35.5. The number of nitrogens with zero attached hydrogens (tertiary/aromatic N) is 8. The van der Waals surface area contributed by atoms with Crippen molar-refractivity contribution in [1.29, 1.82) is 10.5 Å². The van der Waals surface area contributed by atoms with Crippen LogP contribution in [0.4, 0.5) is 52.7 Å². The van der Waals surface area contributed by atoms with Crippen molar-refractivity contribution in [2.24, 2.45) is 0 Å². The molecule has 0 unspecified atom stereocenters. The molecule has 0 bridgehead atoms. The van der Waals surface area contributed by atoms with E-state index in [0.717, 1.165) is 0 Å². The molecule has 0 radical (unpaired) electrons. The van der Waals surface area contributed by atoms with Crippen LogP contribution in [0.15, 0.2) is 146 Å². The van der Waals surface area contributed by atoms with Crippen LogP contribution < -0.4 is 10.2 Å². The molecule has 452 valence electrons. The molecule has 0 saturated heterocycles. The van der Waals surface area contributed by atoms with Crippen molar-refractivity contribution >= 4 is 40.5 Å². The van der Waals surface area contributed by atoms with E-state index in [-0.39, 0.29) is 110 Å². The van der Waals surface area contributed by atoms with Gasteiger partial charge < -0.3 is 39.4 Å². The third-order valence-electron chi connectivity index (χ3n) is 7.29. The Morgan fingerprint density at radius 1 is 0.341 bits per heavy atom. The molecule has 42 heteroatoms. The standard InChI is InChI=1S/2C16H12N3O.2C2H3N.4CHF3O3S.2Eu.2H2O/c2*20-16(13-7-1-4-10-17-13,14-8-2-5-11-18-14)15-9-3-6-12-19-15;2*1-2-3;4*2-1(3,4)8(5,6)7;;;;/h2*1-12H;2*1H3;4*(H,5,6,7);;;2*1H2/q2*-1;;;;;;;2*+3;;/p-2. The van der Waals surface area contributed by atoms with E-state index in [0.29, 0.717) is 34.2 Å². The second-order valence-electron chi connectivity index (χ2n) is 12.7. The number of pyridine rings is 6. The molecule has 6 rings (SSSR count). The molecule has 0 saturated carbocycles. The van der Waals surface area contributed by atoms with Gasteiger partial charge in [0, 0.05) is 96.4 Å². The van der Waals surface area contributed by atoms with Crippen LogP contribution >= 0.6 is 0 Å². The molecule has 82 heavy (non-hydrogen) atoms. The molecule has 0 atom stereocenters. The summed E-state index contributed by atoms with van der Waals surface area (Å²) >= 11 is 0. The van der Waals surface area contributed by atoms with Gasteiger partial charge in [0.25, 0.3) is 0 Å². The third-order valence-corrected chi connectivity index (χ3v) is 9.56. The van der Waals surface area contributed by atoms with Gasteiger partial charge in [0.1, 0.15) is 0 Å². The fraction of sp³-hybridized carbons (Fsp3) is 0.200. The minimum Gasteiger partial charge on any atom is -0.836 e. The zero-order chi connectivity index (χ0) is 61.1. The van der Waals surface area contributed by atoms with Crippen LogP contribution in [-0.4, -0.2) is 104 Å². The van der Waals surface area contributed by atoms with Crippen LogP contribution in [0.5, 0.6) is 0 Å². The van der Waals surface area contributed by atoms with Gasteiger partial charge in [-0.05, 0) is 72.8 Å². The first kappa shape index (κ1) is 88.9. The van der Waals surface area contributed by atoms with Crippen LogP contribution in [0.25, 0.3) is 0 Å². The smallest absolute Gasteiger partial charge is 0.836 e. The Bertz CT molecular complexity index is 2770. The summed E-state index contributed by atoms with van der Waals surface area (Å²) in [5.74, 6) is 0. The summed E-state index contributed by atoms with van der Waals surface area (Å²) in [6.07, 6.45) is 9.63. The molecule has 0 aliphatic carbocycles. The SMILES string of the molecule is CC#N.CC#N.O=S(=O)([O-])C(F)(F)F.O=S(=O)([O-])C(F)(F)F.O=S(=O)([O-])C(F)(F)F.O=S(=O)([O-])C(F)(F)F.[Eu+3].[Eu+3].[O-]C(c1ccccn1)(c1ccccn1)c1ccccn1.[O-]C(c1ccccn1)(c1ccccn1)c1ccccn1.[OH3+].[OH3+]. The number of halogens is 12. The maximum absolute atomic E-state index is 13.5. The van der Waals surface area contributed by atoms with Gasteiger partial charge in [-0.1, -0.05) is 36.4 Å². The van der Waals surface area contributed by atoms with Crippen molar-refractivity contribution in [3.05, 3.63) is 181 Å². The van der Waals surface area contributed by atoms with Crippen molar-refractivity contribution in [2.75, 3.05) is 0 Å². The van der Waals surface area contributed by atoms with Gasteiger partial charge in [0.15, 0.2) is 40.5 Å². The summed E-state index contributed by atoms with van der Waals surface area (Å²) in [6, 6.07) is 35.2. The molecule has 6 N–H and O–H groups in total. The molecule has 0 aliphatic rings. The van der Waals surface area contributed by atoms with Crippen LogP contribution in [0.3, 0.4) is 0 Å². The minimum atomic E-state index is -6.09. The Morgan fingerprint density at radius 3 is 0.500 bits per heavy atom. The summed E-state index contributed by atoms with van der Waals surface area (Å²) in [6.45, 7) is 2.86. The van der Waals surface area contributed by atoms with E-state index >= 15 is 0 Å². The summed E-state index contributed by atoms with van der Waals surface area (Å²) in [7, 11) is -24.4. The number of nitriles is 2. The molecule has 0 fully saturated rings. The third kappa shape index (κ3) is 31.5. The zero-order valence-electron chi connectivity index (χ0n) is 40.2. The monoisotopic (exact) mass is 1550 g/mol. The first-order valence-corrected chi connectivity index (χ1v) is 24.7. The van der Waals surface area contributed by atoms with Gasteiger partial charge >= 0.3 is 121 Å². The van der Waals surface area contributed by atoms with E-state index < -0.39 is 73.7 Å². The Balaban J connectivity index is -0.000000216. The van der Waals surface area contributed by atoms with Gasteiger partial charge in [0.2, 0.25) is 0 Å². The van der Waals surface area contributed by atoms with Crippen LogP contribution in [0, 0.1) is 121 Å². The van der Waals surface area contributed by atoms with E-state index in [2.05, 4.69) is 29.9 Å². The van der Waals surface area contributed by atoms with Gasteiger partial charge in [-0.2, -0.15) is 63.2 Å². The molecule has 0 aromatic carbocycles. The summed E-state index contributed by atoms with van der Waals surface area (Å²) < 4.78 is 236. The predicted octanol–water partition coefficient (Wildman–Crippen LogP) is 2.47. The quantitative estimate of drug-likeness (QED) is 0.1000. The Labute approximate surface area is 539 Å². The van der Waals surface area contributed by atoms with Crippen LogP contribution in [-0.2, 0) is 62.6 Å². The van der Waals surface area contributed by atoms with E-state index in [1.165, 1.54) is 13.8 Å². The minimum absolute atomic E-state index is 0. The fourth-order valence-electron chi connectivity index (χ4n) is 4.21. The average Bonchev–Trinajstić information content (AvgIpc) is 3.34. The van der Waals surface area contributed by atoms with Gasteiger partial charge in [-0.3, -0.25) is 29.9 Å². The second-order valence-corrected chi connectivity index (χ2v) is 18.2. The topological polar surface area (TPSA) is 466 Å². The molecule has 0 amide bonds. The summed E-state index contributed by atoms with van der Waals surface area (Å²) in [4.78, 5) is 25.3. The molecule has 6 aromatic heterocycles. The normalized spacial score (nSPS) is 11.1. The van der Waals surface area contributed by atoms with Gasteiger partial charge in [-0.15, -0.1) is 0 Å². The zero-order valence-corrected chi connectivity index (χ0v) is 48.3. The van der Waals surface area contributed by atoms with E-state index in [1.54, 1.807) is 159 Å². The maximum Gasteiger partial charge on any atom is 3.00 e. The number of alkyl halides is 12. The maximum atomic E-state index is 13.5. The largest absolute Gasteiger partial charge is 3.00 e. The van der Waals surface area contributed by atoms with Gasteiger partial charge in [0.05, 0.1) is 12.1 Å². The fourth-order valence-corrected chi connectivity index (χ4v) is 4.21. The molecular weight excluding hydrogens is 1510 g/mol. The van der Waals surface area contributed by atoms with Crippen molar-refractivity contribution in [3.8, 4) is 12.1 Å². The van der Waals surface area contributed by atoms with Crippen LogP contribution in [0.2, 0.25) is 0 Å². The van der Waals surface area contributed by atoms with Crippen molar-refractivity contribution in [3.63, 3.8) is 0 Å².